The maximum Gasteiger partial charge on any atom is 0.0246 e. The zero-order valence-corrected chi connectivity index (χ0v) is 23.8. The zero-order chi connectivity index (χ0) is 26.3. The van der Waals surface area contributed by atoms with Gasteiger partial charge in [-0.2, -0.15) is 0 Å². The van der Waals surface area contributed by atoms with Crippen LogP contribution in [0.2, 0.25) is 0 Å². The number of fused-ring (bicyclic) bond motifs is 3. The Morgan fingerprint density at radius 1 is 0.514 bits per heavy atom. The van der Waals surface area contributed by atoms with Crippen LogP contribution in [-0.4, -0.2) is 0 Å². The Balaban J connectivity index is 1.78. The second-order valence-corrected chi connectivity index (χ2v) is 11.3. The molecule has 0 bridgehead atoms. The third kappa shape index (κ3) is 7.78. The number of hydrogen-bond acceptors (Lipinski definition) is 0. The van der Waals surface area contributed by atoms with Gasteiger partial charge in [0.05, 0.1) is 0 Å². The van der Waals surface area contributed by atoms with Gasteiger partial charge < -0.3 is 0 Å². The lowest BCUT2D eigenvalue weighted by molar-refractivity contribution is 0.397. The van der Waals surface area contributed by atoms with Crippen molar-refractivity contribution in [3.8, 4) is 35.8 Å². The van der Waals surface area contributed by atoms with Crippen LogP contribution in [-0.2, 0) is 5.41 Å². The van der Waals surface area contributed by atoms with E-state index >= 15 is 0 Å². The molecule has 37 heavy (non-hydrogen) atoms. The summed E-state index contributed by atoms with van der Waals surface area (Å²) in [5.74, 6) is 5.83. The molecule has 0 N–H and O–H groups in total. The van der Waals surface area contributed by atoms with Gasteiger partial charge in [0.2, 0.25) is 0 Å². The summed E-state index contributed by atoms with van der Waals surface area (Å²) in [6.07, 6.45) is 35.8. The molecule has 0 radical (unpaired) electrons. The van der Waals surface area contributed by atoms with Gasteiger partial charge in [0.25, 0.3) is 0 Å². The van der Waals surface area contributed by atoms with E-state index in [-0.39, 0.29) is 5.41 Å². The standard InChI is InChI=1S/C37H50/c1-5-9-11-13-15-17-19-21-27-37(28-22-20-18-16-14-12-10-6-2)35-29-31(7-3)23-25-33(35)34-26-24-32(8-4)30-36(34)37/h3-4,23-26,29-30H,5-6,9-22,27-28H2,1-2H3. The van der Waals surface area contributed by atoms with Crippen LogP contribution >= 0.6 is 0 Å². The number of hydrogen-bond donors (Lipinski definition) is 0. The maximum atomic E-state index is 5.89. The quantitative estimate of drug-likeness (QED) is 0.143. The van der Waals surface area contributed by atoms with E-state index in [1.54, 1.807) is 0 Å². The Bertz CT molecular complexity index is 955. The minimum Gasteiger partial charge on any atom is -0.115 e. The van der Waals surface area contributed by atoms with Crippen LogP contribution in [0.4, 0.5) is 0 Å². The summed E-state index contributed by atoms with van der Waals surface area (Å²) >= 11 is 0. The van der Waals surface area contributed by atoms with Gasteiger partial charge >= 0.3 is 0 Å². The van der Waals surface area contributed by atoms with Crippen molar-refractivity contribution < 1.29 is 0 Å². The van der Waals surface area contributed by atoms with Gasteiger partial charge in [-0.3, -0.25) is 0 Å². The van der Waals surface area contributed by atoms with E-state index in [0.717, 1.165) is 11.1 Å². The molecule has 0 fully saturated rings. The second kappa shape index (κ2) is 15.7. The van der Waals surface area contributed by atoms with Gasteiger partial charge in [0.15, 0.2) is 0 Å². The summed E-state index contributed by atoms with van der Waals surface area (Å²) in [4.78, 5) is 0. The summed E-state index contributed by atoms with van der Waals surface area (Å²) in [6, 6.07) is 13.4. The highest BCUT2D eigenvalue weighted by Crippen LogP contribution is 2.54. The molecule has 0 unspecified atom stereocenters. The number of rotatable bonds is 18. The van der Waals surface area contributed by atoms with Crippen LogP contribution in [0.5, 0.6) is 0 Å². The van der Waals surface area contributed by atoms with Gasteiger partial charge in [-0.1, -0.05) is 141 Å². The molecule has 0 heterocycles. The summed E-state index contributed by atoms with van der Waals surface area (Å²) in [7, 11) is 0. The van der Waals surface area contributed by atoms with Crippen LogP contribution in [0.3, 0.4) is 0 Å². The lowest BCUT2D eigenvalue weighted by Gasteiger charge is -2.33. The molecule has 0 heteroatoms. The first-order valence-corrected chi connectivity index (χ1v) is 15.4. The first-order valence-electron chi connectivity index (χ1n) is 15.4. The molecule has 1 aliphatic carbocycles. The van der Waals surface area contributed by atoms with Gasteiger partial charge in [-0.05, 0) is 59.4 Å². The highest BCUT2D eigenvalue weighted by molar-refractivity contribution is 5.82. The van der Waals surface area contributed by atoms with E-state index in [1.165, 1.54) is 138 Å². The van der Waals surface area contributed by atoms with Gasteiger partial charge in [-0.15, -0.1) is 12.8 Å². The predicted octanol–water partition coefficient (Wildman–Crippen LogP) is 11.0. The second-order valence-electron chi connectivity index (χ2n) is 11.3. The highest BCUT2D eigenvalue weighted by atomic mass is 14.4. The fourth-order valence-corrected chi connectivity index (χ4v) is 6.46. The molecule has 0 atom stereocenters. The fourth-order valence-electron chi connectivity index (χ4n) is 6.46. The minimum atomic E-state index is 0.0365. The lowest BCUT2D eigenvalue weighted by atomic mass is 9.70. The van der Waals surface area contributed by atoms with Crippen molar-refractivity contribution in [2.45, 2.75) is 135 Å². The number of benzene rings is 2. The summed E-state index contributed by atoms with van der Waals surface area (Å²) in [6.45, 7) is 4.58. The molecule has 0 amide bonds. The van der Waals surface area contributed by atoms with Gasteiger partial charge in [-0.25, -0.2) is 0 Å². The predicted molar refractivity (Wildman–Crippen MR) is 163 cm³/mol. The first-order chi connectivity index (χ1) is 18.2. The molecular weight excluding hydrogens is 444 g/mol. The Morgan fingerprint density at radius 2 is 0.865 bits per heavy atom. The molecule has 198 valence electrons. The third-order valence-corrected chi connectivity index (χ3v) is 8.61. The SMILES string of the molecule is C#Cc1ccc2c(c1)C(CCCCCCCCCC)(CCCCCCCCCC)c1cc(C#C)ccc1-2. The number of terminal acetylenes is 2. The van der Waals surface area contributed by atoms with E-state index in [1.807, 2.05) is 0 Å². The first kappa shape index (κ1) is 29.1. The average molecular weight is 495 g/mol. The molecule has 3 rings (SSSR count). The Kier molecular flexibility index (Phi) is 12.4. The molecule has 2 aromatic carbocycles. The average Bonchev–Trinajstić information content (AvgIpc) is 3.20. The monoisotopic (exact) mass is 494 g/mol. The highest BCUT2D eigenvalue weighted by Gasteiger charge is 2.42. The smallest absolute Gasteiger partial charge is 0.0246 e. The van der Waals surface area contributed by atoms with E-state index < -0.39 is 0 Å². The van der Waals surface area contributed by atoms with E-state index in [2.05, 4.69) is 62.1 Å². The van der Waals surface area contributed by atoms with E-state index in [9.17, 15) is 0 Å². The van der Waals surface area contributed by atoms with Crippen molar-refractivity contribution in [3.05, 3.63) is 58.7 Å². The van der Waals surface area contributed by atoms with Crippen molar-refractivity contribution in [2.75, 3.05) is 0 Å². The van der Waals surface area contributed by atoms with Gasteiger partial charge in [0, 0.05) is 16.5 Å². The minimum absolute atomic E-state index is 0.0365. The van der Waals surface area contributed by atoms with E-state index in [0.29, 0.717) is 0 Å². The molecule has 2 aromatic rings. The molecule has 0 saturated heterocycles. The van der Waals surface area contributed by atoms with Crippen LogP contribution < -0.4 is 0 Å². The number of unbranched alkanes of at least 4 members (excludes halogenated alkanes) is 14. The van der Waals surface area contributed by atoms with Crippen molar-refractivity contribution in [1.82, 2.24) is 0 Å². The third-order valence-electron chi connectivity index (χ3n) is 8.61. The van der Waals surface area contributed by atoms with Crippen molar-refractivity contribution in [3.63, 3.8) is 0 Å². The summed E-state index contributed by atoms with van der Waals surface area (Å²) in [5, 5.41) is 0. The topological polar surface area (TPSA) is 0 Å². The molecule has 0 saturated carbocycles. The van der Waals surface area contributed by atoms with Crippen LogP contribution in [0, 0.1) is 24.7 Å². The largest absolute Gasteiger partial charge is 0.115 e. The Hall–Kier alpha value is -2.44. The Morgan fingerprint density at radius 3 is 1.22 bits per heavy atom. The molecule has 1 aliphatic rings. The zero-order valence-electron chi connectivity index (χ0n) is 23.8. The normalized spacial score (nSPS) is 13.1. The summed E-state index contributed by atoms with van der Waals surface area (Å²) in [5.41, 5.74) is 7.69. The molecule has 0 aromatic heterocycles. The van der Waals surface area contributed by atoms with Crippen LogP contribution in [0.15, 0.2) is 36.4 Å². The lowest BCUT2D eigenvalue weighted by Crippen LogP contribution is -2.26. The van der Waals surface area contributed by atoms with Crippen LogP contribution in [0.25, 0.3) is 11.1 Å². The van der Waals surface area contributed by atoms with Gasteiger partial charge in [0.1, 0.15) is 0 Å². The molecular formula is C37H50. The van der Waals surface area contributed by atoms with Crippen LogP contribution in [0.1, 0.15) is 152 Å². The van der Waals surface area contributed by atoms with Crippen molar-refractivity contribution in [2.24, 2.45) is 0 Å². The fraction of sp³-hybridized carbons (Fsp3) is 0.568. The Labute approximate surface area is 229 Å². The molecule has 0 aliphatic heterocycles. The van der Waals surface area contributed by atoms with Crippen molar-refractivity contribution >= 4 is 0 Å². The molecule has 0 spiro atoms. The van der Waals surface area contributed by atoms with E-state index in [4.69, 9.17) is 12.8 Å². The maximum absolute atomic E-state index is 5.89. The molecule has 0 nitrogen and oxygen atoms in total. The summed E-state index contributed by atoms with van der Waals surface area (Å²) < 4.78 is 0. The van der Waals surface area contributed by atoms with Crippen molar-refractivity contribution in [1.29, 1.82) is 0 Å².